The fourth-order valence-corrected chi connectivity index (χ4v) is 1.32. The lowest BCUT2D eigenvalue weighted by molar-refractivity contribution is -0.153. The van der Waals surface area contributed by atoms with Crippen LogP contribution < -0.4 is 5.32 Å². The van der Waals surface area contributed by atoms with Gasteiger partial charge >= 0.3 is 5.97 Å². The Balaban J connectivity index is 2.63. The second kappa shape index (κ2) is 4.99. The monoisotopic (exact) mass is 235 g/mol. The predicted molar refractivity (Wildman–Crippen MR) is 64.4 cm³/mol. The van der Waals surface area contributed by atoms with E-state index in [9.17, 15) is 9.59 Å². The Morgan fingerprint density at radius 3 is 2.53 bits per heavy atom. The van der Waals surface area contributed by atoms with Gasteiger partial charge in [0.15, 0.2) is 0 Å². The number of carboxylic acids is 1. The summed E-state index contributed by atoms with van der Waals surface area (Å²) in [5.74, 6) is -1.61. The zero-order chi connectivity index (χ0) is 13.1. The fraction of sp³-hybridized carbons (Fsp3) is 0.385. The molecule has 0 bridgehead atoms. The minimum atomic E-state index is -1.40. The van der Waals surface area contributed by atoms with Crippen molar-refractivity contribution in [3.05, 3.63) is 35.4 Å². The zero-order valence-corrected chi connectivity index (χ0v) is 10.3. The van der Waals surface area contributed by atoms with E-state index in [0.717, 1.165) is 11.1 Å². The molecule has 0 atom stereocenters. The summed E-state index contributed by atoms with van der Waals surface area (Å²) in [4.78, 5) is 22.5. The second-order valence-electron chi connectivity index (χ2n) is 4.60. The zero-order valence-electron chi connectivity index (χ0n) is 10.3. The van der Waals surface area contributed by atoms with Crippen LogP contribution in [0.4, 0.5) is 0 Å². The van der Waals surface area contributed by atoms with E-state index < -0.39 is 17.3 Å². The van der Waals surface area contributed by atoms with Gasteiger partial charge in [-0.2, -0.15) is 0 Å². The topological polar surface area (TPSA) is 66.4 Å². The summed E-state index contributed by atoms with van der Waals surface area (Å²) in [5, 5.41) is 11.5. The number of hydrogen-bond donors (Lipinski definition) is 2. The lowest BCUT2D eigenvalue weighted by Gasteiger charge is -2.18. The highest BCUT2D eigenvalue weighted by atomic mass is 16.4. The lowest BCUT2D eigenvalue weighted by Crippen LogP contribution is -2.41. The summed E-state index contributed by atoms with van der Waals surface area (Å²) in [6.07, 6.45) is 0. The molecule has 1 amide bonds. The largest absolute Gasteiger partial charge is 0.480 e. The Kier molecular flexibility index (Phi) is 3.89. The van der Waals surface area contributed by atoms with E-state index in [1.807, 2.05) is 31.2 Å². The molecular weight excluding hydrogens is 218 g/mol. The first-order valence-electron chi connectivity index (χ1n) is 5.41. The molecule has 0 spiro atoms. The first-order chi connectivity index (χ1) is 7.84. The number of nitrogens with one attached hydrogen (secondary N) is 1. The highest BCUT2D eigenvalue weighted by Crippen LogP contribution is 2.15. The van der Waals surface area contributed by atoms with Gasteiger partial charge in [-0.1, -0.05) is 29.8 Å². The van der Waals surface area contributed by atoms with Crippen molar-refractivity contribution in [3.8, 4) is 0 Å². The van der Waals surface area contributed by atoms with Gasteiger partial charge in [-0.3, -0.25) is 9.59 Å². The van der Waals surface area contributed by atoms with Gasteiger partial charge in [-0.15, -0.1) is 0 Å². The van der Waals surface area contributed by atoms with E-state index in [0.29, 0.717) is 6.54 Å². The summed E-state index contributed by atoms with van der Waals surface area (Å²) >= 11 is 0. The third kappa shape index (κ3) is 3.31. The van der Waals surface area contributed by atoms with Gasteiger partial charge in [-0.25, -0.2) is 0 Å². The van der Waals surface area contributed by atoms with E-state index >= 15 is 0 Å². The molecule has 0 fully saturated rings. The Morgan fingerprint density at radius 2 is 2.00 bits per heavy atom. The first-order valence-corrected chi connectivity index (χ1v) is 5.41. The van der Waals surface area contributed by atoms with Crippen molar-refractivity contribution in [3.63, 3.8) is 0 Å². The minimum Gasteiger partial charge on any atom is -0.480 e. The first kappa shape index (κ1) is 13.2. The summed E-state index contributed by atoms with van der Waals surface area (Å²) in [7, 11) is 0. The molecular formula is C13H17NO3. The SMILES string of the molecule is Cc1cccc(CNC(=O)C(C)(C)C(=O)O)c1. The molecule has 0 unspecified atom stereocenters. The Morgan fingerprint density at radius 1 is 1.35 bits per heavy atom. The van der Waals surface area contributed by atoms with Crippen LogP contribution in [0, 0.1) is 12.3 Å². The molecule has 0 aliphatic rings. The number of hydrogen-bond acceptors (Lipinski definition) is 2. The van der Waals surface area contributed by atoms with Crippen molar-refractivity contribution in [2.75, 3.05) is 0 Å². The van der Waals surface area contributed by atoms with Crippen LogP contribution in [0.5, 0.6) is 0 Å². The van der Waals surface area contributed by atoms with Crippen LogP contribution in [0.15, 0.2) is 24.3 Å². The Labute approximate surface area is 101 Å². The molecule has 0 aliphatic carbocycles. The van der Waals surface area contributed by atoms with E-state index in [1.54, 1.807) is 0 Å². The minimum absolute atomic E-state index is 0.344. The fourth-order valence-electron chi connectivity index (χ4n) is 1.32. The van der Waals surface area contributed by atoms with Crippen molar-refractivity contribution < 1.29 is 14.7 Å². The molecule has 17 heavy (non-hydrogen) atoms. The van der Waals surface area contributed by atoms with Crippen molar-refractivity contribution in [1.29, 1.82) is 0 Å². The second-order valence-corrected chi connectivity index (χ2v) is 4.60. The maximum atomic E-state index is 11.7. The lowest BCUT2D eigenvalue weighted by atomic mass is 9.92. The quantitative estimate of drug-likeness (QED) is 0.781. The molecule has 4 heteroatoms. The summed E-state index contributed by atoms with van der Waals surface area (Å²) in [6, 6.07) is 7.71. The van der Waals surface area contributed by atoms with Crippen LogP contribution in [0.3, 0.4) is 0 Å². The number of aliphatic carboxylic acids is 1. The maximum absolute atomic E-state index is 11.7. The molecule has 1 aromatic rings. The molecule has 1 rings (SSSR count). The average Bonchev–Trinajstić information content (AvgIpc) is 2.25. The third-order valence-electron chi connectivity index (χ3n) is 2.64. The number of carbonyl (C=O) groups is 2. The van der Waals surface area contributed by atoms with Gasteiger partial charge in [0, 0.05) is 6.54 Å². The summed E-state index contributed by atoms with van der Waals surface area (Å²) < 4.78 is 0. The Hall–Kier alpha value is -1.84. The molecule has 1 aromatic carbocycles. The molecule has 4 nitrogen and oxygen atoms in total. The molecule has 0 aliphatic heterocycles. The van der Waals surface area contributed by atoms with Crippen molar-refractivity contribution >= 4 is 11.9 Å². The standard InChI is InChI=1S/C13H17NO3/c1-9-5-4-6-10(7-9)8-14-11(15)13(2,3)12(16)17/h4-7H,8H2,1-3H3,(H,14,15)(H,16,17). The molecule has 0 radical (unpaired) electrons. The summed E-state index contributed by atoms with van der Waals surface area (Å²) in [6.45, 7) is 5.09. The Bertz CT molecular complexity index is 438. The van der Waals surface area contributed by atoms with Gasteiger partial charge in [0.1, 0.15) is 5.41 Å². The van der Waals surface area contributed by atoms with Gasteiger partial charge < -0.3 is 10.4 Å². The van der Waals surface area contributed by atoms with Gasteiger partial charge in [0.25, 0.3) is 0 Å². The third-order valence-corrected chi connectivity index (χ3v) is 2.64. The molecule has 0 heterocycles. The van der Waals surface area contributed by atoms with Crippen molar-refractivity contribution in [1.82, 2.24) is 5.32 Å². The predicted octanol–water partition coefficient (Wildman–Crippen LogP) is 1.72. The molecule has 92 valence electrons. The van der Waals surface area contributed by atoms with Crippen LogP contribution in [-0.4, -0.2) is 17.0 Å². The molecule has 0 saturated heterocycles. The van der Waals surface area contributed by atoms with E-state index in [4.69, 9.17) is 5.11 Å². The van der Waals surface area contributed by atoms with Gasteiger partial charge in [0.05, 0.1) is 0 Å². The number of carboxylic acid groups (broad SMARTS) is 1. The smallest absolute Gasteiger partial charge is 0.318 e. The van der Waals surface area contributed by atoms with Crippen molar-refractivity contribution in [2.24, 2.45) is 5.41 Å². The van der Waals surface area contributed by atoms with Crippen LogP contribution in [0.1, 0.15) is 25.0 Å². The number of rotatable bonds is 4. The average molecular weight is 235 g/mol. The van der Waals surface area contributed by atoms with Gasteiger partial charge in [0.2, 0.25) is 5.91 Å². The van der Waals surface area contributed by atoms with E-state index in [1.165, 1.54) is 13.8 Å². The number of carbonyl (C=O) groups excluding carboxylic acids is 1. The van der Waals surface area contributed by atoms with Gasteiger partial charge in [-0.05, 0) is 26.3 Å². The van der Waals surface area contributed by atoms with Crippen LogP contribution in [0.2, 0.25) is 0 Å². The highest BCUT2D eigenvalue weighted by molar-refractivity contribution is 6.00. The number of amides is 1. The van der Waals surface area contributed by atoms with E-state index in [2.05, 4.69) is 5.32 Å². The molecule has 0 saturated carbocycles. The van der Waals surface area contributed by atoms with Crippen LogP contribution in [0.25, 0.3) is 0 Å². The van der Waals surface area contributed by atoms with Crippen LogP contribution in [-0.2, 0) is 16.1 Å². The molecule has 0 aromatic heterocycles. The number of benzene rings is 1. The maximum Gasteiger partial charge on any atom is 0.318 e. The van der Waals surface area contributed by atoms with Crippen LogP contribution >= 0.6 is 0 Å². The number of aryl methyl sites for hydroxylation is 1. The summed E-state index contributed by atoms with van der Waals surface area (Å²) in [5.41, 5.74) is 0.665. The van der Waals surface area contributed by atoms with E-state index in [-0.39, 0.29) is 0 Å². The highest BCUT2D eigenvalue weighted by Gasteiger charge is 2.35. The normalized spacial score (nSPS) is 11.0. The van der Waals surface area contributed by atoms with Crippen molar-refractivity contribution in [2.45, 2.75) is 27.3 Å². The molecule has 2 N–H and O–H groups in total.